The van der Waals surface area contributed by atoms with Crippen LogP contribution in [0.25, 0.3) is 5.65 Å². The van der Waals surface area contributed by atoms with Crippen LogP contribution in [0.4, 0.5) is 5.69 Å². The zero-order chi connectivity index (χ0) is 24.2. The van der Waals surface area contributed by atoms with Gasteiger partial charge >= 0.3 is 0 Å². The van der Waals surface area contributed by atoms with Gasteiger partial charge in [0.1, 0.15) is 18.0 Å². The van der Waals surface area contributed by atoms with Crippen LogP contribution >= 0.6 is 23.2 Å². The fraction of sp³-hybridized carbons (Fsp3) is 0.160. The zero-order valence-corrected chi connectivity index (χ0v) is 20.1. The third-order valence-electron chi connectivity index (χ3n) is 5.17. The summed E-state index contributed by atoms with van der Waals surface area (Å²) in [6, 6.07) is 15.6. The number of carbonyl (C=O) groups is 2. The molecule has 0 aliphatic heterocycles. The Morgan fingerprint density at radius 2 is 1.76 bits per heavy atom. The average molecular weight is 497 g/mol. The number of rotatable bonds is 7. The summed E-state index contributed by atoms with van der Waals surface area (Å²) in [4.78, 5) is 31.0. The first-order valence-corrected chi connectivity index (χ1v) is 11.2. The molecule has 9 heteroatoms. The van der Waals surface area contributed by atoms with E-state index in [1.54, 1.807) is 49.5 Å². The minimum Gasteiger partial charge on any atom is -0.487 e. The first-order valence-electron chi connectivity index (χ1n) is 10.5. The van der Waals surface area contributed by atoms with Crippen LogP contribution in [0.5, 0.6) is 5.75 Å². The van der Waals surface area contributed by atoms with Crippen LogP contribution in [0, 0.1) is 6.92 Å². The normalized spacial score (nSPS) is 10.8. The molecular formula is C25H22Cl2N4O3. The predicted octanol–water partition coefficient (Wildman–Crippen LogP) is 5.24. The number of nitrogens with zero attached hydrogens (tertiary/aromatic N) is 3. The standard InChI is InChI=1S/C25H22Cl2N4O3/c1-16-5-4-12-31-13-18(28-24(16)31)15-34-19-10-8-17(9-11-19)25(33)30(2)14-22(32)29-23-20(26)6-3-7-21(23)27/h3-13H,14-15H2,1-2H3,(H,29,32). The van der Waals surface area contributed by atoms with Crippen molar-refractivity contribution in [3.05, 3.63) is 93.9 Å². The average Bonchev–Trinajstić information content (AvgIpc) is 3.25. The molecule has 0 aliphatic carbocycles. The number of imidazole rings is 1. The Hall–Kier alpha value is -3.55. The summed E-state index contributed by atoms with van der Waals surface area (Å²) in [5, 5.41) is 3.29. The quantitative estimate of drug-likeness (QED) is 0.379. The lowest BCUT2D eigenvalue weighted by molar-refractivity contribution is -0.116. The number of hydrogen-bond donors (Lipinski definition) is 1. The minimum atomic E-state index is -0.409. The van der Waals surface area contributed by atoms with Gasteiger partial charge in [-0.1, -0.05) is 35.3 Å². The summed E-state index contributed by atoms with van der Waals surface area (Å²) in [6.07, 6.45) is 3.87. The van der Waals surface area contributed by atoms with Crippen LogP contribution in [0.15, 0.2) is 67.0 Å². The summed E-state index contributed by atoms with van der Waals surface area (Å²) in [5.74, 6) is -0.102. The van der Waals surface area contributed by atoms with Crippen molar-refractivity contribution in [2.45, 2.75) is 13.5 Å². The summed E-state index contributed by atoms with van der Waals surface area (Å²) in [6.45, 7) is 2.15. The van der Waals surface area contributed by atoms with Gasteiger partial charge in [0.15, 0.2) is 0 Å². The number of ether oxygens (including phenoxy) is 1. The molecular weight excluding hydrogens is 475 g/mol. The summed E-state index contributed by atoms with van der Waals surface area (Å²) >= 11 is 12.2. The monoisotopic (exact) mass is 496 g/mol. The molecule has 1 N–H and O–H groups in total. The summed E-state index contributed by atoms with van der Waals surface area (Å²) in [7, 11) is 1.55. The number of amides is 2. The van der Waals surface area contributed by atoms with E-state index in [0.29, 0.717) is 33.7 Å². The fourth-order valence-electron chi connectivity index (χ4n) is 3.43. The number of aromatic nitrogens is 2. The number of benzene rings is 2. The molecule has 0 saturated heterocycles. The van der Waals surface area contributed by atoms with E-state index in [2.05, 4.69) is 10.3 Å². The minimum absolute atomic E-state index is 0.161. The van der Waals surface area contributed by atoms with Gasteiger partial charge < -0.3 is 19.4 Å². The van der Waals surface area contributed by atoms with Gasteiger partial charge in [-0.2, -0.15) is 0 Å². The number of nitrogens with one attached hydrogen (secondary N) is 1. The molecule has 174 valence electrons. The third kappa shape index (κ3) is 5.32. The van der Waals surface area contributed by atoms with E-state index in [1.165, 1.54) is 4.90 Å². The Balaban J connectivity index is 1.33. The van der Waals surface area contributed by atoms with Gasteiger partial charge in [-0.05, 0) is 55.0 Å². The SMILES string of the molecule is Cc1cccn2cc(COc3ccc(C(=O)N(C)CC(=O)Nc4c(Cl)cccc4Cl)cc3)nc12. The molecule has 2 heterocycles. The lowest BCUT2D eigenvalue weighted by Gasteiger charge is -2.18. The Bertz CT molecular complexity index is 1330. The van der Waals surface area contributed by atoms with Crippen LogP contribution in [-0.4, -0.2) is 39.7 Å². The van der Waals surface area contributed by atoms with Gasteiger partial charge in [0, 0.05) is 25.0 Å². The number of fused-ring (bicyclic) bond motifs is 1. The van der Waals surface area contributed by atoms with Crippen molar-refractivity contribution >= 4 is 46.4 Å². The molecule has 4 rings (SSSR count). The highest BCUT2D eigenvalue weighted by Crippen LogP contribution is 2.29. The topological polar surface area (TPSA) is 75.9 Å². The first-order chi connectivity index (χ1) is 16.3. The molecule has 34 heavy (non-hydrogen) atoms. The lowest BCUT2D eigenvalue weighted by atomic mass is 10.2. The summed E-state index contributed by atoms with van der Waals surface area (Å²) in [5.41, 5.74) is 3.54. The smallest absolute Gasteiger partial charge is 0.254 e. The largest absolute Gasteiger partial charge is 0.487 e. The third-order valence-corrected chi connectivity index (χ3v) is 5.80. The van der Waals surface area contributed by atoms with Gasteiger partial charge in [-0.15, -0.1) is 0 Å². The van der Waals surface area contributed by atoms with E-state index in [1.807, 2.05) is 35.9 Å². The first kappa shape index (κ1) is 23.6. The molecule has 0 fully saturated rings. The van der Waals surface area contributed by atoms with Crippen LogP contribution in [0.1, 0.15) is 21.6 Å². The highest BCUT2D eigenvalue weighted by atomic mass is 35.5. The lowest BCUT2D eigenvalue weighted by Crippen LogP contribution is -2.35. The Morgan fingerprint density at radius 1 is 1.06 bits per heavy atom. The van der Waals surface area contributed by atoms with E-state index < -0.39 is 5.91 Å². The van der Waals surface area contributed by atoms with Gasteiger partial charge in [0.25, 0.3) is 5.91 Å². The van der Waals surface area contributed by atoms with Crippen molar-refractivity contribution < 1.29 is 14.3 Å². The van der Waals surface area contributed by atoms with Crippen LogP contribution < -0.4 is 10.1 Å². The molecule has 0 unspecified atom stereocenters. The highest BCUT2D eigenvalue weighted by molar-refractivity contribution is 6.39. The van der Waals surface area contributed by atoms with E-state index in [4.69, 9.17) is 27.9 Å². The van der Waals surface area contributed by atoms with E-state index >= 15 is 0 Å². The number of halogens is 2. The number of para-hydroxylation sites is 1. The molecule has 4 aromatic rings. The van der Waals surface area contributed by atoms with Gasteiger partial charge in [0.05, 0.1) is 28.0 Å². The van der Waals surface area contributed by atoms with Crippen molar-refractivity contribution in [2.75, 3.05) is 18.9 Å². The van der Waals surface area contributed by atoms with Gasteiger partial charge in [-0.3, -0.25) is 9.59 Å². The second-order valence-electron chi connectivity index (χ2n) is 7.77. The Kier molecular flexibility index (Phi) is 7.05. The van der Waals surface area contributed by atoms with Crippen LogP contribution in [0.3, 0.4) is 0 Å². The Morgan fingerprint density at radius 3 is 2.44 bits per heavy atom. The molecule has 2 aromatic carbocycles. The van der Waals surface area contributed by atoms with Crippen molar-refractivity contribution in [1.82, 2.24) is 14.3 Å². The van der Waals surface area contributed by atoms with Crippen molar-refractivity contribution in [2.24, 2.45) is 0 Å². The number of carbonyl (C=O) groups excluding carboxylic acids is 2. The number of likely N-dealkylation sites (N-methyl/N-ethyl adjacent to an activating group) is 1. The zero-order valence-electron chi connectivity index (χ0n) is 18.6. The maximum Gasteiger partial charge on any atom is 0.254 e. The second kappa shape index (κ2) is 10.2. The molecule has 0 spiro atoms. The van der Waals surface area contributed by atoms with Gasteiger partial charge in [0.2, 0.25) is 5.91 Å². The molecule has 0 atom stereocenters. The van der Waals surface area contributed by atoms with Gasteiger partial charge in [-0.25, -0.2) is 4.98 Å². The molecule has 2 aromatic heterocycles. The number of pyridine rings is 1. The number of aryl methyl sites for hydroxylation is 1. The maximum atomic E-state index is 12.7. The van der Waals surface area contributed by atoms with Crippen LogP contribution in [-0.2, 0) is 11.4 Å². The molecule has 2 amide bonds. The maximum absolute atomic E-state index is 12.7. The van der Waals surface area contributed by atoms with Crippen molar-refractivity contribution in [3.63, 3.8) is 0 Å². The highest BCUT2D eigenvalue weighted by Gasteiger charge is 2.17. The molecule has 0 radical (unpaired) electrons. The summed E-state index contributed by atoms with van der Waals surface area (Å²) < 4.78 is 7.78. The molecule has 0 aliphatic rings. The number of anilines is 1. The molecule has 0 saturated carbocycles. The Labute approximate surface area is 206 Å². The molecule has 0 bridgehead atoms. The van der Waals surface area contributed by atoms with E-state index in [-0.39, 0.29) is 12.5 Å². The second-order valence-corrected chi connectivity index (χ2v) is 8.59. The van der Waals surface area contributed by atoms with E-state index in [0.717, 1.165) is 16.9 Å². The van der Waals surface area contributed by atoms with E-state index in [9.17, 15) is 9.59 Å². The predicted molar refractivity (Wildman–Crippen MR) is 133 cm³/mol. The van der Waals surface area contributed by atoms with Crippen molar-refractivity contribution in [1.29, 1.82) is 0 Å². The molecule has 7 nitrogen and oxygen atoms in total. The van der Waals surface area contributed by atoms with Crippen molar-refractivity contribution in [3.8, 4) is 5.75 Å². The number of hydrogen-bond acceptors (Lipinski definition) is 4. The fourth-order valence-corrected chi connectivity index (χ4v) is 3.92. The van der Waals surface area contributed by atoms with Crippen LogP contribution in [0.2, 0.25) is 10.0 Å².